The molecular weight excluding hydrogens is 360 g/mol. The summed E-state index contributed by atoms with van der Waals surface area (Å²) in [4.78, 5) is 0.00239. The Morgan fingerprint density at radius 2 is 1.43 bits per heavy atom. The second kappa shape index (κ2) is 6.48. The van der Waals surface area contributed by atoms with E-state index in [1.165, 1.54) is 49.5 Å². The van der Waals surface area contributed by atoms with Crippen LogP contribution in [-0.4, -0.2) is 23.9 Å². The van der Waals surface area contributed by atoms with Crippen LogP contribution in [-0.2, 0) is 20.0 Å². The van der Waals surface area contributed by atoms with Gasteiger partial charge >= 0.3 is 0 Å². The van der Waals surface area contributed by atoms with E-state index in [0.717, 1.165) is 0 Å². The predicted molar refractivity (Wildman–Crippen MR) is 89.7 cm³/mol. The molecule has 0 spiro atoms. The van der Waals surface area contributed by atoms with Gasteiger partial charge in [0.2, 0.25) is 10.0 Å². The maximum atomic E-state index is 12.4. The number of rotatable bonds is 5. The highest BCUT2D eigenvalue weighted by Crippen LogP contribution is 2.24. The van der Waals surface area contributed by atoms with Crippen LogP contribution in [0.3, 0.4) is 0 Å². The summed E-state index contributed by atoms with van der Waals surface area (Å²) in [5.41, 5.74) is 0.786. The number of hydrogen-bond acceptors (Lipinski definition) is 4. The highest BCUT2D eigenvalue weighted by molar-refractivity contribution is 7.92. The Balaban J connectivity index is 2.43. The third-order valence-electron chi connectivity index (χ3n) is 3.16. The van der Waals surface area contributed by atoms with Gasteiger partial charge in [-0.3, -0.25) is 4.72 Å². The zero-order chi connectivity index (χ0) is 17.3. The van der Waals surface area contributed by atoms with Crippen LogP contribution < -0.4 is 9.44 Å². The lowest BCUT2D eigenvalue weighted by Crippen LogP contribution is -2.19. The van der Waals surface area contributed by atoms with Gasteiger partial charge in [-0.15, -0.1) is 0 Å². The molecule has 0 atom stereocenters. The summed E-state index contributed by atoms with van der Waals surface area (Å²) in [6.07, 6.45) is 0. The van der Waals surface area contributed by atoms with Gasteiger partial charge in [0.1, 0.15) is 0 Å². The molecular formula is C14H15ClN2O4S2. The first-order valence-electron chi connectivity index (χ1n) is 6.48. The normalized spacial score (nSPS) is 12.1. The smallest absolute Gasteiger partial charge is 0.261 e. The molecule has 6 nitrogen and oxygen atoms in total. The van der Waals surface area contributed by atoms with Crippen LogP contribution in [0.25, 0.3) is 0 Å². The van der Waals surface area contributed by atoms with Crippen LogP contribution in [0.2, 0.25) is 5.02 Å². The minimum Gasteiger partial charge on any atom is -0.279 e. The van der Waals surface area contributed by atoms with Gasteiger partial charge < -0.3 is 0 Å². The Bertz CT molecular complexity index is 924. The number of aryl methyl sites for hydroxylation is 1. The molecule has 124 valence electrons. The zero-order valence-electron chi connectivity index (χ0n) is 12.4. The van der Waals surface area contributed by atoms with Crippen LogP contribution in [0.4, 0.5) is 5.69 Å². The van der Waals surface area contributed by atoms with Crippen molar-refractivity contribution in [2.75, 3.05) is 11.8 Å². The lowest BCUT2D eigenvalue weighted by atomic mass is 10.2. The summed E-state index contributed by atoms with van der Waals surface area (Å²) in [5.74, 6) is 0. The van der Waals surface area contributed by atoms with Crippen molar-refractivity contribution in [3.8, 4) is 0 Å². The third kappa shape index (κ3) is 4.03. The van der Waals surface area contributed by atoms with Gasteiger partial charge in [0.05, 0.1) is 15.5 Å². The van der Waals surface area contributed by atoms with Crippen molar-refractivity contribution in [1.82, 2.24) is 4.72 Å². The molecule has 0 fully saturated rings. The molecule has 0 unspecified atom stereocenters. The average Bonchev–Trinajstić information content (AvgIpc) is 2.49. The Kier molecular flexibility index (Phi) is 5.00. The first-order chi connectivity index (χ1) is 10.7. The van der Waals surface area contributed by atoms with Crippen LogP contribution in [0.5, 0.6) is 0 Å². The molecule has 2 rings (SSSR count). The molecule has 2 aromatic carbocycles. The summed E-state index contributed by atoms with van der Waals surface area (Å²) in [5, 5.41) is 0.419. The van der Waals surface area contributed by atoms with E-state index < -0.39 is 20.0 Å². The fourth-order valence-electron chi connectivity index (χ4n) is 1.81. The lowest BCUT2D eigenvalue weighted by molar-refractivity contribution is 0.588. The minimum atomic E-state index is -3.85. The van der Waals surface area contributed by atoms with E-state index in [-0.39, 0.29) is 15.5 Å². The van der Waals surface area contributed by atoms with Crippen LogP contribution >= 0.6 is 11.6 Å². The summed E-state index contributed by atoms with van der Waals surface area (Å²) >= 11 is 5.75. The second-order valence-corrected chi connectivity index (χ2v) is 8.75. The minimum absolute atomic E-state index is 0.0283. The molecule has 0 aliphatic rings. The fraction of sp³-hybridized carbons (Fsp3) is 0.143. The average molecular weight is 375 g/mol. The van der Waals surface area contributed by atoms with Gasteiger partial charge in [0, 0.05) is 5.02 Å². The highest BCUT2D eigenvalue weighted by Gasteiger charge is 2.18. The van der Waals surface area contributed by atoms with E-state index in [1.54, 1.807) is 6.92 Å². The summed E-state index contributed by atoms with van der Waals surface area (Å²) < 4.78 is 53.0. The summed E-state index contributed by atoms with van der Waals surface area (Å²) in [7, 11) is -6.23. The van der Waals surface area contributed by atoms with E-state index in [9.17, 15) is 16.8 Å². The van der Waals surface area contributed by atoms with Gasteiger partial charge in [0.25, 0.3) is 10.0 Å². The number of benzene rings is 2. The van der Waals surface area contributed by atoms with Gasteiger partial charge in [0.15, 0.2) is 0 Å². The monoisotopic (exact) mass is 374 g/mol. The van der Waals surface area contributed by atoms with Crippen molar-refractivity contribution in [3.63, 3.8) is 0 Å². The van der Waals surface area contributed by atoms with Gasteiger partial charge in [-0.25, -0.2) is 21.6 Å². The van der Waals surface area contributed by atoms with E-state index in [0.29, 0.717) is 10.6 Å². The largest absolute Gasteiger partial charge is 0.279 e. The molecule has 0 heterocycles. The van der Waals surface area contributed by atoms with Crippen molar-refractivity contribution >= 4 is 37.3 Å². The molecule has 0 aliphatic carbocycles. The second-order valence-electron chi connectivity index (χ2n) is 4.74. The molecule has 0 bridgehead atoms. The van der Waals surface area contributed by atoms with E-state index >= 15 is 0 Å². The first-order valence-corrected chi connectivity index (χ1v) is 9.83. The predicted octanol–water partition coefficient (Wildman–Crippen LogP) is 2.36. The third-order valence-corrected chi connectivity index (χ3v) is 6.20. The Hall–Kier alpha value is -1.61. The molecule has 2 aromatic rings. The van der Waals surface area contributed by atoms with Crippen molar-refractivity contribution in [2.24, 2.45) is 0 Å². The lowest BCUT2D eigenvalue weighted by Gasteiger charge is -2.12. The molecule has 0 saturated heterocycles. The van der Waals surface area contributed by atoms with E-state index in [4.69, 9.17) is 11.6 Å². The van der Waals surface area contributed by atoms with E-state index in [1.807, 2.05) is 0 Å². The topological polar surface area (TPSA) is 92.3 Å². The molecule has 0 amide bonds. The van der Waals surface area contributed by atoms with Crippen LogP contribution in [0.1, 0.15) is 5.56 Å². The summed E-state index contributed by atoms with van der Waals surface area (Å²) in [6.45, 7) is 1.68. The Morgan fingerprint density at radius 1 is 0.870 bits per heavy atom. The molecule has 0 aromatic heterocycles. The fourth-order valence-corrected chi connectivity index (χ4v) is 3.82. The van der Waals surface area contributed by atoms with Crippen LogP contribution in [0.15, 0.2) is 52.3 Å². The first kappa shape index (κ1) is 17.7. The van der Waals surface area contributed by atoms with Gasteiger partial charge in [-0.05, 0) is 55.9 Å². The summed E-state index contributed by atoms with van der Waals surface area (Å²) in [6, 6.07) is 9.87. The van der Waals surface area contributed by atoms with Crippen molar-refractivity contribution in [3.05, 3.63) is 53.1 Å². The highest BCUT2D eigenvalue weighted by atomic mass is 35.5. The molecule has 23 heavy (non-hydrogen) atoms. The molecule has 9 heteroatoms. The van der Waals surface area contributed by atoms with Crippen molar-refractivity contribution in [1.29, 1.82) is 0 Å². The number of halogens is 1. The molecule has 0 saturated carbocycles. The SMILES string of the molecule is CNS(=O)(=O)c1ccc(C)c(NS(=O)(=O)c2ccc(Cl)cc2)c1. The van der Waals surface area contributed by atoms with Crippen molar-refractivity contribution in [2.45, 2.75) is 16.7 Å². The van der Waals surface area contributed by atoms with Crippen LogP contribution in [0, 0.1) is 6.92 Å². The maximum Gasteiger partial charge on any atom is 0.261 e. The Labute approximate surface area is 140 Å². The Morgan fingerprint density at radius 3 is 2.00 bits per heavy atom. The zero-order valence-corrected chi connectivity index (χ0v) is 14.8. The van der Waals surface area contributed by atoms with Gasteiger partial charge in [-0.2, -0.15) is 0 Å². The number of nitrogens with one attached hydrogen (secondary N) is 2. The molecule has 0 radical (unpaired) electrons. The number of hydrogen-bond donors (Lipinski definition) is 2. The standard InChI is InChI=1S/C14H15ClN2O4S2/c1-10-3-6-13(22(18,19)16-2)9-14(10)17-23(20,21)12-7-4-11(15)5-8-12/h3-9,16-17H,1-2H3. The molecule has 2 N–H and O–H groups in total. The number of sulfonamides is 2. The van der Waals surface area contributed by atoms with Gasteiger partial charge in [-0.1, -0.05) is 17.7 Å². The van der Waals surface area contributed by atoms with E-state index in [2.05, 4.69) is 9.44 Å². The number of anilines is 1. The van der Waals surface area contributed by atoms with Crippen molar-refractivity contribution < 1.29 is 16.8 Å². The quantitative estimate of drug-likeness (QED) is 0.840. The maximum absolute atomic E-state index is 12.4. The molecule has 0 aliphatic heterocycles.